The van der Waals surface area contributed by atoms with Crippen molar-refractivity contribution in [1.29, 1.82) is 0 Å². The molecule has 0 unspecified atom stereocenters. The Labute approximate surface area is 200 Å². The highest BCUT2D eigenvalue weighted by molar-refractivity contribution is 7.89. The molecule has 1 heterocycles. The minimum absolute atomic E-state index is 0.0321. The van der Waals surface area contributed by atoms with Crippen molar-refractivity contribution >= 4 is 51.0 Å². The number of aliphatic carboxylic acids is 1. The number of amides is 3. The topological polar surface area (TPSA) is 155 Å². The molecule has 3 amide bonds. The van der Waals surface area contributed by atoms with Gasteiger partial charge >= 0.3 is 5.97 Å². The van der Waals surface area contributed by atoms with Gasteiger partial charge in [-0.2, -0.15) is 0 Å². The summed E-state index contributed by atoms with van der Waals surface area (Å²) >= 11 is 5.87. The van der Waals surface area contributed by atoms with Gasteiger partial charge in [0.2, 0.25) is 21.8 Å². The van der Waals surface area contributed by atoms with Crippen molar-refractivity contribution in [3.63, 3.8) is 0 Å². The van der Waals surface area contributed by atoms with Crippen molar-refractivity contribution in [2.45, 2.75) is 23.8 Å². The third kappa shape index (κ3) is 5.87. The van der Waals surface area contributed by atoms with E-state index in [2.05, 4.69) is 0 Å². The second kappa shape index (κ2) is 10.2. The summed E-state index contributed by atoms with van der Waals surface area (Å²) in [5, 5.41) is 14.4. The number of sulfonamides is 1. The number of carboxylic acid groups (broad SMARTS) is 1. The highest BCUT2D eigenvalue weighted by atomic mass is 35.5. The van der Waals surface area contributed by atoms with Gasteiger partial charge in [0.25, 0.3) is 5.91 Å². The molecule has 3 rings (SSSR count). The van der Waals surface area contributed by atoms with E-state index in [9.17, 15) is 27.6 Å². The summed E-state index contributed by atoms with van der Waals surface area (Å²) in [6.07, 6.45) is 1.39. The number of hydrogen-bond acceptors (Lipinski definition) is 6. The lowest BCUT2D eigenvalue weighted by Crippen LogP contribution is -2.46. The fourth-order valence-corrected chi connectivity index (χ4v) is 4.12. The fourth-order valence-electron chi connectivity index (χ4n) is 3.47. The summed E-state index contributed by atoms with van der Waals surface area (Å²) in [6, 6.07) is 10.6. The van der Waals surface area contributed by atoms with E-state index in [4.69, 9.17) is 21.8 Å². The number of carbonyl (C=O) groups excluding carboxylic acids is 3. The lowest BCUT2D eigenvalue weighted by Gasteiger charge is -2.26. The maximum Gasteiger partial charge on any atom is 0.328 e. The Morgan fingerprint density at radius 3 is 2.26 bits per heavy atom. The number of nitrogens with zero attached hydrogens (tertiary/aromatic N) is 2. The van der Waals surface area contributed by atoms with E-state index in [0.717, 1.165) is 15.9 Å². The zero-order chi connectivity index (χ0) is 25.0. The van der Waals surface area contributed by atoms with Crippen LogP contribution in [-0.4, -0.2) is 54.7 Å². The van der Waals surface area contributed by atoms with Gasteiger partial charge in [0.1, 0.15) is 6.04 Å². The van der Waals surface area contributed by atoms with Crippen molar-refractivity contribution in [2.24, 2.45) is 5.14 Å². The molecule has 0 radical (unpaired) electrons. The number of benzene rings is 2. The molecule has 1 fully saturated rings. The van der Waals surface area contributed by atoms with E-state index in [1.165, 1.54) is 48.5 Å². The molecule has 34 heavy (non-hydrogen) atoms. The minimum Gasteiger partial charge on any atom is -0.478 e. The number of imide groups is 1. The van der Waals surface area contributed by atoms with Gasteiger partial charge in [-0.05, 0) is 48.4 Å². The van der Waals surface area contributed by atoms with Crippen LogP contribution in [-0.2, 0) is 35.6 Å². The molecule has 0 bridgehead atoms. The SMILES string of the molecule is NS(=O)(=O)c1ccc(CCN(C(=O)/C=C/C(=O)O)[C@@H]2CC(=O)N(c3ccc(Cl)cc3)C2=O)cc1. The molecular formula is C22H20ClN3O7S. The highest BCUT2D eigenvalue weighted by Crippen LogP contribution is 2.27. The average Bonchev–Trinajstić information content (AvgIpc) is 3.06. The minimum atomic E-state index is -3.87. The summed E-state index contributed by atoms with van der Waals surface area (Å²) in [4.78, 5) is 51.4. The second-order valence-corrected chi connectivity index (χ2v) is 9.40. The molecule has 2 aromatic carbocycles. The van der Waals surface area contributed by atoms with Gasteiger partial charge in [-0.15, -0.1) is 0 Å². The predicted octanol–water partition coefficient (Wildman–Crippen LogP) is 1.33. The van der Waals surface area contributed by atoms with Gasteiger partial charge in [0.05, 0.1) is 17.0 Å². The van der Waals surface area contributed by atoms with Crippen molar-refractivity contribution in [3.8, 4) is 0 Å². The first-order valence-electron chi connectivity index (χ1n) is 9.93. The van der Waals surface area contributed by atoms with Crippen LogP contribution in [0.5, 0.6) is 0 Å². The first-order chi connectivity index (χ1) is 16.0. The number of primary sulfonamides is 1. The molecule has 3 N–H and O–H groups in total. The molecule has 0 aromatic heterocycles. The van der Waals surface area contributed by atoms with Crippen LogP contribution < -0.4 is 10.0 Å². The highest BCUT2D eigenvalue weighted by Gasteiger charge is 2.43. The Bertz CT molecular complexity index is 1260. The van der Waals surface area contributed by atoms with Crippen LogP contribution in [0.1, 0.15) is 12.0 Å². The van der Waals surface area contributed by atoms with Gasteiger partial charge in [0, 0.05) is 23.7 Å². The standard InChI is InChI=1S/C22H20ClN3O7S/c23-15-3-5-16(6-4-15)26-20(28)13-18(22(26)31)25(19(27)9-10-21(29)30)12-11-14-1-7-17(8-2-14)34(24,32)33/h1-10,18H,11-13H2,(H,29,30)(H2,24,32,33)/b10-9+/t18-/m1/s1. The summed E-state index contributed by atoms with van der Waals surface area (Å²) in [5.74, 6) is -3.25. The molecule has 12 heteroatoms. The summed E-state index contributed by atoms with van der Waals surface area (Å²) in [6.45, 7) is -0.0321. The summed E-state index contributed by atoms with van der Waals surface area (Å²) < 4.78 is 22.8. The van der Waals surface area contributed by atoms with Gasteiger partial charge in [-0.1, -0.05) is 23.7 Å². The van der Waals surface area contributed by atoms with Gasteiger partial charge in [-0.3, -0.25) is 14.4 Å². The maximum atomic E-state index is 13.1. The van der Waals surface area contributed by atoms with E-state index in [1.807, 2.05) is 0 Å². The Kier molecular flexibility index (Phi) is 7.50. The quantitative estimate of drug-likeness (QED) is 0.405. The normalized spacial score (nSPS) is 16.3. The van der Waals surface area contributed by atoms with E-state index in [-0.39, 0.29) is 24.3 Å². The van der Waals surface area contributed by atoms with Crippen molar-refractivity contribution in [2.75, 3.05) is 11.4 Å². The van der Waals surface area contributed by atoms with Gasteiger partial charge < -0.3 is 10.0 Å². The van der Waals surface area contributed by atoms with E-state index >= 15 is 0 Å². The lowest BCUT2D eigenvalue weighted by molar-refractivity contribution is -0.135. The predicted molar refractivity (Wildman–Crippen MR) is 122 cm³/mol. The smallest absolute Gasteiger partial charge is 0.328 e. The Balaban J connectivity index is 1.84. The van der Waals surface area contributed by atoms with Crippen LogP contribution in [0.3, 0.4) is 0 Å². The lowest BCUT2D eigenvalue weighted by atomic mass is 10.1. The van der Waals surface area contributed by atoms with Crippen LogP contribution in [0, 0.1) is 0 Å². The third-order valence-corrected chi connectivity index (χ3v) is 6.31. The van der Waals surface area contributed by atoms with Crippen molar-refractivity contribution in [1.82, 2.24) is 4.90 Å². The molecular weight excluding hydrogens is 486 g/mol. The van der Waals surface area contributed by atoms with Crippen LogP contribution in [0.15, 0.2) is 65.6 Å². The van der Waals surface area contributed by atoms with E-state index in [0.29, 0.717) is 22.3 Å². The number of carbonyl (C=O) groups is 4. The first kappa shape index (κ1) is 25.1. The third-order valence-electron chi connectivity index (χ3n) is 5.13. The van der Waals surface area contributed by atoms with E-state index in [1.54, 1.807) is 0 Å². The monoisotopic (exact) mass is 505 g/mol. The largest absolute Gasteiger partial charge is 0.478 e. The molecule has 0 aliphatic carbocycles. The Hall–Kier alpha value is -3.54. The molecule has 0 saturated carbocycles. The van der Waals surface area contributed by atoms with Gasteiger partial charge in [-0.25, -0.2) is 23.3 Å². The zero-order valence-corrected chi connectivity index (χ0v) is 19.2. The number of hydrogen-bond donors (Lipinski definition) is 2. The second-order valence-electron chi connectivity index (χ2n) is 7.41. The molecule has 2 aromatic rings. The molecule has 1 aliphatic rings. The number of carboxylic acids is 1. The first-order valence-corrected chi connectivity index (χ1v) is 11.9. The summed E-state index contributed by atoms with van der Waals surface area (Å²) in [7, 11) is -3.87. The summed E-state index contributed by atoms with van der Waals surface area (Å²) in [5.41, 5.74) is 0.938. The van der Waals surface area contributed by atoms with Gasteiger partial charge in [0.15, 0.2) is 0 Å². The zero-order valence-electron chi connectivity index (χ0n) is 17.6. The van der Waals surface area contributed by atoms with Crippen LogP contribution in [0.4, 0.5) is 5.69 Å². The van der Waals surface area contributed by atoms with E-state index < -0.39 is 39.8 Å². The number of halogens is 1. The fraction of sp³-hybridized carbons (Fsp3) is 0.182. The van der Waals surface area contributed by atoms with Crippen molar-refractivity contribution in [3.05, 3.63) is 71.3 Å². The number of nitrogens with two attached hydrogens (primary N) is 1. The van der Waals surface area contributed by atoms with Crippen LogP contribution in [0.2, 0.25) is 5.02 Å². The molecule has 1 atom stereocenters. The molecule has 1 aliphatic heterocycles. The van der Waals surface area contributed by atoms with Crippen molar-refractivity contribution < 1.29 is 32.7 Å². The van der Waals surface area contributed by atoms with Crippen LogP contribution in [0.25, 0.3) is 0 Å². The maximum absolute atomic E-state index is 13.1. The van der Waals surface area contributed by atoms with Crippen LogP contribution >= 0.6 is 11.6 Å². The molecule has 178 valence electrons. The average molecular weight is 506 g/mol. The molecule has 0 spiro atoms. The number of anilines is 1. The Morgan fingerprint density at radius 1 is 1.09 bits per heavy atom. The molecule has 1 saturated heterocycles. The number of rotatable bonds is 8. The molecule has 10 nitrogen and oxygen atoms in total. The Morgan fingerprint density at radius 2 is 1.71 bits per heavy atom.